The van der Waals surface area contributed by atoms with Gasteiger partial charge >= 0.3 is 6.18 Å². The number of hydrogen-bond acceptors (Lipinski definition) is 4. The van der Waals surface area contributed by atoms with Crippen LogP contribution in [0, 0.1) is 0 Å². The van der Waals surface area contributed by atoms with Crippen LogP contribution in [0.1, 0.15) is 21.5 Å². The predicted octanol–water partition coefficient (Wildman–Crippen LogP) is 3.73. The van der Waals surface area contributed by atoms with Gasteiger partial charge in [-0.15, -0.1) is 0 Å². The molecule has 0 amide bonds. The fourth-order valence-electron chi connectivity index (χ4n) is 2.23. The highest BCUT2D eigenvalue weighted by molar-refractivity contribution is 6.14. The number of fused-ring (bicyclic) bond motifs is 1. The van der Waals surface area contributed by atoms with E-state index in [1.54, 1.807) is 0 Å². The molecule has 0 radical (unpaired) electrons. The number of alkyl halides is 3. The number of aromatic hydroxyl groups is 2. The molecule has 118 valence electrons. The van der Waals surface area contributed by atoms with Gasteiger partial charge in [-0.2, -0.15) is 13.2 Å². The van der Waals surface area contributed by atoms with Crippen LogP contribution in [-0.4, -0.2) is 16.0 Å². The molecule has 0 fully saturated rings. The zero-order chi connectivity index (χ0) is 16.8. The number of ketones is 1. The first-order valence-electron chi connectivity index (χ1n) is 6.43. The summed E-state index contributed by atoms with van der Waals surface area (Å²) in [7, 11) is 0. The van der Waals surface area contributed by atoms with Crippen molar-refractivity contribution in [2.75, 3.05) is 0 Å². The largest absolute Gasteiger partial charge is 0.508 e. The van der Waals surface area contributed by atoms with E-state index in [4.69, 9.17) is 4.74 Å². The van der Waals surface area contributed by atoms with E-state index < -0.39 is 23.3 Å². The van der Waals surface area contributed by atoms with Crippen molar-refractivity contribution in [3.63, 3.8) is 0 Å². The molecule has 1 aliphatic heterocycles. The molecule has 4 nitrogen and oxygen atoms in total. The minimum Gasteiger partial charge on any atom is -0.508 e. The minimum atomic E-state index is -4.70. The van der Waals surface area contributed by atoms with Crippen LogP contribution < -0.4 is 4.74 Å². The molecule has 2 aromatic carbocycles. The quantitative estimate of drug-likeness (QED) is 0.785. The SMILES string of the molecule is O=C1/C(=C/c2ccc(O)cc2C(F)(F)F)Oc2cc(O)ccc21. The second-order valence-electron chi connectivity index (χ2n) is 4.89. The van der Waals surface area contributed by atoms with Crippen molar-refractivity contribution in [1.82, 2.24) is 0 Å². The number of Topliss-reactive ketones (excluding diaryl/α,β-unsaturated/α-hetero) is 1. The maximum Gasteiger partial charge on any atom is 0.417 e. The molecule has 0 saturated carbocycles. The summed E-state index contributed by atoms with van der Waals surface area (Å²) < 4.78 is 44.3. The number of carbonyl (C=O) groups is 1. The predicted molar refractivity (Wildman–Crippen MR) is 74.2 cm³/mol. The lowest BCUT2D eigenvalue weighted by Gasteiger charge is -2.11. The van der Waals surface area contributed by atoms with Gasteiger partial charge in [0.1, 0.15) is 17.2 Å². The van der Waals surface area contributed by atoms with Crippen molar-refractivity contribution < 1.29 is 32.9 Å². The molecule has 0 atom stereocenters. The van der Waals surface area contributed by atoms with Gasteiger partial charge in [-0.05, 0) is 35.9 Å². The number of ether oxygens (including phenoxy) is 1. The molecule has 23 heavy (non-hydrogen) atoms. The molecular weight excluding hydrogens is 313 g/mol. The third-order valence-electron chi connectivity index (χ3n) is 3.28. The first kappa shape index (κ1) is 15.0. The molecule has 7 heteroatoms. The Bertz CT molecular complexity index is 838. The first-order chi connectivity index (χ1) is 10.8. The zero-order valence-corrected chi connectivity index (χ0v) is 11.4. The molecule has 1 heterocycles. The van der Waals surface area contributed by atoms with Crippen LogP contribution >= 0.6 is 0 Å². The van der Waals surface area contributed by atoms with E-state index in [-0.39, 0.29) is 28.4 Å². The number of halogens is 3. The van der Waals surface area contributed by atoms with Gasteiger partial charge in [0.15, 0.2) is 5.76 Å². The summed E-state index contributed by atoms with van der Waals surface area (Å²) in [5.74, 6) is -1.46. The van der Waals surface area contributed by atoms with Crippen molar-refractivity contribution >= 4 is 11.9 Å². The Balaban J connectivity index is 2.06. The van der Waals surface area contributed by atoms with Crippen molar-refractivity contribution in [3.05, 3.63) is 58.8 Å². The molecule has 2 N–H and O–H groups in total. The first-order valence-corrected chi connectivity index (χ1v) is 6.43. The molecule has 3 rings (SSSR count). The Kier molecular flexibility index (Phi) is 3.28. The highest BCUT2D eigenvalue weighted by Gasteiger charge is 2.34. The molecule has 2 aromatic rings. The van der Waals surface area contributed by atoms with Crippen molar-refractivity contribution in [2.24, 2.45) is 0 Å². The van der Waals surface area contributed by atoms with Gasteiger partial charge < -0.3 is 14.9 Å². The maximum absolute atomic E-state index is 13.0. The Hall–Kier alpha value is -2.96. The second-order valence-corrected chi connectivity index (χ2v) is 4.89. The van der Waals surface area contributed by atoms with Gasteiger partial charge in [0.05, 0.1) is 11.1 Å². The van der Waals surface area contributed by atoms with Crippen molar-refractivity contribution in [3.8, 4) is 17.2 Å². The van der Waals surface area contributed by atoms with Gasteiger partial charge in [-0.25, -0.2) is 0 Å². The molecule has 0 unspecified atom stereocenters. The average molecular weight is 322 g/mol. The fraction of sp³-hybridized carbons (Fsp3) is 0.0625. The number of phenolic OH excluding ortho intramolecular Hbond substituents is 2. The van der Waals surface area contributed by atoms with Crippen LogP contribution in [0.4, 0.5) is 13.2 Å². The lowest BCUT2D eigenvalue weighted by Crippen LogP contribution is -2.08. The summed E-state index contributed by atoms with van der Waals surface area (Å²) in [5.41, 5.74) is -1.24. The summed E-state index contributed by atoms with van der Waals surface area (Å²) in [4.78, 5) is 12.1. The monoisotopic (exact) mass is 322 g/mol. The van der Waals surface area contributed by atoms with Crippen LogP contribution in [0.25, 0.3) is 6.08 Å². The number of phenols is 2. The lowest BCUT2D eigenvalue weighted by molar-refractivity contribution is -0.137. The van der Waals surface area contributed by atoms with Gasteiger partial charge in [-0.3, -0.25) is 4.79 Å². The molecule has 1 aliphatic rings. The summed E-state index contributed by atoms with van der Waals surface area (Å²) in [6.07, 6.45) is -3.74. The third-order valence-corrected chi connectivity index (χ3v) is 3.28. The second kappa shape index (κ2) is 5.05. The fourth-order valence-corrected chi connectivity index (χ4v) is 2.23. The van der Waals surface area contributed by atoms with Gasteiger partial charge in [0.2, 0.25) is 5.78 Å². The summed E-state index contributed by atoms with van der Waals surface area (Å²) in [6.45, 7) is 0. The molecule has 0 aromatic heterocycles. The minimum absolute atomic E-state index is 0.0774. The van der Waals surface area contributed by atoms with Crippen LogP contribution in [0.3, 0.4) is 0 Å². The highest BCUT2D eigenvalue weighted by atomic mass is 19.4. The van der Waals surface area contributed by atoms with Crippen LogP contribution in [-0.2, 0) is 6.18 Å². The normalized spacial score (nSPS) is 15.6. The lowest BCUT2D eigenvalue weighted by atomic mass is 10.0. The van der Waals surface area contributed by atoms with Gasteiger partial charge in [0, 0.05) is 6.07 Å². The Morgan fingerprint density at radius 2 is 1.65 bits per heavy atom. The van der Waals surface area contributed by atoms with Crippen LogP contribution in [0.15, 0.2) is 42.2 Å². The van der Waals surface area contributed by atoms with E-state index in [0.717, 1.165) is 18.2 Å². The molecule has 0 aliphatic carbocycles. The van der Waals surface area contributed by atoms with E-state index in [2.05, 4.69) is 0 Å². The number of carbonyl (C=O) groups excluding carboxylic acids is 1. The van der Waals surface area contributed by atoms with E-state index in [1.807, 2.05) is 0 Å². The van der Waals surface area contributed by atoms with Gasteiger partial charge in [0.25, 0.3) is 0 Å². The van der Waals surface area contributed by atoms with Gasteiger partial charge in [-0.1, -0.05) is 6.07 Å². The number of hydrogen-bond donors (Lipinski definition) is 2. The number of benzene rings is 2. The standard InChI is InChI=1S/C16H9F3O4/c17-16(18,19)12-6-9(20)2-1-8(12)5-14-15(22)11-4-3-10(21)7-13(11)23-14/h1-7,20-21H/b14-5-. The average Bonchev–Trinajstić information content (AvgIpc) is 2.75. The van der Waals surface area contributed by atoms with Crippen LogP contribution in [0.5, 0.6) is 17.2 Å². The zero-order valence-electron chi connectivity index (χ0n) is 11.4. The summed E-state index contributed by atoms with van der Waals surface area (Å²) in [6, 6.07) is 6.52. The number of rotatable bonds is 1. The van der Waals surface area contributed by atoms with Crippen molar-refractivity contribution in [2.45, 2.75) is 6.18 Å². The third kappa shape index (κ3) is 2.73. The number of allylic oxidation sites excluding steroid dienone is 1. The molecule has 0 spiro atoms. The van der Waals surface area contributed by atoms with E-state index in [0.29, 0.717) is 6.07 Å². The van der Waals surface area contributed by atoms with Crippen molar-refractivity contribution in [1.29, 1.82) is 0 Å². The summed E-state index contributed by atoms with van der Waals surface area (Å²) >= 11 is 0. The van der Waals surface area contributed by atoms with E-state index in [9.17, 15) is 28.2 Å². The van der Waals surface area contributed by atoms with E-state index >= 15 is 0 Å². The molecule has 0 bridgehead atoms. The molecular formula is C16H9F3O4. The topological polar surface area (TPSA) is 66.8 Å². The molecule has 0 saturated heterocycles. The highest BCUT2D eigenvalue weighted by Crippen LogP contribution is 2.38. The Morgan fingerprint density at radius 3 is 2.35 bits per heavy atom. The summed E-state index contributed by atoms with van der Waals surface area (Å²) in [5, 5.41) is 18.6. The smallest absolute Gasteiger partial charge is 0.417 e. The maximum atomic E-state index is 13.0. The van der Waals surface area contributed by atoms with Crippen LogP contribution in [0.2, 0.25) is 0 Å². The Labute approximate surface area is 128 Å². The Morgan fingerprint density at radius 1 is 1.00 bits per heavy atom. The van der Waals surface area contributed by atoms with E-state index in [1.165, 1.54) is 18.2 Å².